The van der Waals surface area contributed by atoms with E-state index < -0.39 is 0 Å². The summed E-state index contributed by atoms with van der Waals surface area (Å²) >= 11 is 0. The normalized spacial score (nSPS) is 13.9. The van der Waals surface area contributed by atoms with Crippen molar-refractivity contribution in [1.29, 1.82) is 5.26 Å². The van der Waals surface area contributed by atoms with Crippen LogP contribution in [0.4, 0.5) is 10.1 Å². The van der Waals surface area contributed by atoms with E-state index in [2.05, 4.69) is 20.7 Å². The predicted octanol–water partition coefficient (Wildman–Crippen LogP) is 4.18. The summed E-state index contributed by atoms with van der Waals surface area (Å²) in [5.41, 5.74) is 3.77. The second kappa shape index (κ2) is 11.8. The largest absolute Gasteiger partial charge is 0.470 e. The number of nitriles is 1. The van der Waals surface area contributed by atoms with Gasteiger partial charge in [0.2, 0.25) is 5.88 Å². The molecule has 0 bridgehead atoms. The molecule has 1 aliphatic heterocycles. The highest BCUT2D eigenvalue weighted by Gasteiger charge is 2.21. The second-order valence-electron chi connectivity index (χ2n) is 8.13. The van der Waals surface area contributed by atoms with Crippen molar-refractivity contribution in [2.45, 2.75) is 12.5 Å². The minimum atomic E-state index is -0.344. The fourth-order valence-electron chi connectivity index (χ4n) is 3.63. The number of aromatic nitrogens is 3. The molecule has 5 rings (SSSR count). The Morgan fingerprint density at radius 1 is 1.14 bits per heavy atom. The maximum Gasteiger partial charge on any atom is 0.237 e. The summed E-state index contributed by atoms with van der Waals surface area (Å²) in [6.07, 6.45) is 6.00. The van der Waals surface area contributed by atoms with Crippen LogP contribution in [0.3, 0.4) is 0 Å². The van der Waals surface area contributed by atoms with Gasteiger partial charge in [-0.05, 0) is 36.7 Å². The molecule has 2 N–H and O–H groups in total. The van der Waals surface area contributed by atoms with Crippen LogP contribution in [-0.4, -0.2) is 40.5 Å². The first-order chi connectivity index (χ1) is 17.1. The average Bonchev–Trinajstić information content (AvgIpc) is 3.34. The Kier molecular flexibility index (Phi) is 8.04. The third kappa shape index (κ3) is 6.65. The Bertz CT molecular complexity index is 1260. The lowest BCUT2D eigenvalue weighted by Crippen LogP contribution is -2.40. The number of fused-ring (bicyclic) bond motifs is 1. The molecule has 4 aromatic rings. The first-order valence-electron chi connectivity index (χ1n) is 11.4. The minimum Gasteiger partial charge on any atom is -0.470 e. The van der Waals surface area contributed by atoms with Crippen molar-refractivity contribution in [3.05, 3.63) is 96.2 Å². The van der Waals surface area contributed by atoms with Gasteiger partial charge in [-0.25, -0.2) is 9.37 Å². The zero-order valence-corrected chi connectivity index (χ0v) is 19.5. The highest BCUT2D eigenvalue weighted by atomic mass is 19.1. The Balaban J connectivity index is 0.000000421. The van der Waals surface area contributed by atoms with Gasteiger partial charge in [-0.3, -0.25) is 4.68 Å². The Morgan fingerprint density at radius 2 is 1.91 bits per heavy atom. The van der Waals surface area contributed by atoms with E-state index in [1.54, 1.807) is 29.2 Å². The van der Waals surface area contributed by atoms with Gasteiger partial charge in [0.1, 0.15) is 11.9 Å². The summed E-state index contributed by atoms with van der Waals surface area (Å²) in [5, 5.41) is 19.6. The van der Waals surface area contributed by atoms with E-state index in [0.717, 1.165) is 16.8 Å². The number of hydrogen-bond donors (Lipinski definition) is 2. The number of nitrogens with one attached hydrogen (secondary N) is 2. The Morgan fingerprint density at radius 3 is 2.57 bits per heavy atom. The van der Waals surface area contributed by atoms with Gasteiger partial charge in [-0.15, -0.1) is 0 Å². The molecule has 1 aliphatic rings. The van der Waals surface area contributed by atoms with Crippen LogP contribution in [0.25, 0.3) is 11.1 Å². The summed E-state index contributed by atoms with van der Waals surface area (Å²) < 4.78 is 21.6. The van der Waals surface area contributed by atoms with Gasteiger partial charge in [0, 0.05) is 37.1 Å². The maximum atomic E-state index is 13.9. The molecule has 0 fully saturated rings. The van der Waals surface area contributed by atoms with Gasteiger partial charge in [0.05, 0.1) is 30.1 Å². The van der Waals surface area contributed by atoms with E-state index in [1.165, 1.54) is 6.07 Å². The lowest BCUT2D eigenvalue weighted by Gasteiger charge is -2.27. The number of ether oxygens (including phenoxy) is 1. The molecule has 0 spiro atoms. The van der Waals surface area contributed by atoms with Crippen molar-refractivity contribution in [3.8, 4) is 23.1 Å². The topological polar surface area (TPSA) is 87.8 Å². The van der Waals surface area contributed by atoms with Gasteiger partial charge < -0.3 is 15.4 Å². The predicted molar refractivity (Wildman–Crippen MR) is 133 cm³/mol. The monoisotopic (exact) mass is 470 g/mol. The van der Waals surface area contributed by atoms with Crippen molar-refractivity contribution >= 4 is 5.69 Å². The van der Waals surface area contributed by atoms with E-state index in [9.17, 15) is 4.39 Å². The van der Waals surface area contributed by atoms with Crippen molar-refractivity contribution in [2.75, 3.05) is 25.0 Å². The van der Waals surface area contributed by atoms with Gasteiger partial charge >= 0.3 is 0 Å². The molecule has 0 radical (unpaired) electrons. The molecular formula is C27H27FN6O. The lowest BCUT2D eigenvalue weighted by molar-refractivity contribution is 0.194. The zero-order valence-electron chi connectivity index (χ0n) is 19.5. The highest BCUT2D eigenvalue weighted by molar-refractivity contribution is 5.69. The lowest BCUT2D eigenvalue weighted by atomic mass is 10.1. The molecule has 0 aliphatic carbocycles. The molecule has 2 aromatic heterocycles. The number of nitrogens with zero attached hydrogens (tertiary/aromatic N) is 4. The number of pyridine rings is 1. The van der Waals surface area contributed by atoms with Crippen molar-refractivity contribution in [3.63, 3.8) is 0 Å². The van der Waals surface area contributed by atoms with Gasteiger partial charge in [0.25, 0.3) is 0 Å². The van der Waals surface area contributed by atoms with E-state index in [4.69, 9.17) is 10.00 Å². The van der Waals surface area contributed by atoms with Crippen LogP contribution in [-0.2, 0) is 13.5 Å². The molecule has 2 aromatic carbocycles. The fraction of sp³-hybridized carbons (Fsp3) is 0.222. The van der Waals surface area contributed by atoms with E-state index in [0.29, 0.717) is 43.1 Å². The quantitative estimate of drug-likeness (QED) is 0.411. The van der Waals surface area contributed by atoms with Crippen molar-refractivity contribution in [2.24, 2.45) is 7.05 Å². The molecule has 0 amide bonds. The number of benzene rings is 2. The molecule has 35 heavy (non-hydrogen) atoms. The van der Waals surface area contributed by atoms with Crippen LogP contribution >= 0.6 is 0 Å². The minimum absolute atomic E-state index is 0.0648. The van der Waals surface area contributed by atoms with E-state index in [-0.39, 0.29) is 11.9 Å². The molecule has 8 heteroatoms. The third-order valence-electron chi connectivity index (χ3n) is 5.48. The van der Waals surface area contributed by atoms with Gasteiger partial charge in [-0.2, -0.15) is 10.4 Å². The van der Waals surface area contributed by atoms with Crippen LogP contribution in [0.1, 0.15) is 11.1 Å². The number of aryl methyl sites for hydroxylation is 1. The number of anilines is 1. The highest BCUT2D eigenvalue weighted by Crippen LogP contribution is 2.31. The Hall–Kier alpha value is -4.22. The summed E-state index contributed by atoms with van der Waals surface area (Å²) in [4.78, 5) is 4.43. The maximum absolute atomic E-state index is 13.9. The molecule has 0 saturated carbocycles. The van der Waals surface area contributed by atoms with Crippen LogP contribution in [0.5, 0.6) is 5.88 Å². The molecule has 1 atom stereocenters. The zero-order chi connectivity index (χ0) is 24.5. The first-order valence-corrected chi connectivity index (χ1v) is 11.4. The van der Waals surface area contributed by atoms with Crippen molar-refractivity contribution < 1.29 is 9.13 Å². The standard InChI is InChI=1S/C21H21FN6O.C6H6/c1-28-13-17(10-27-28)16-7-20-21(26-9-16)29-18(12-25-20)11-24-5-4-15-3-2-14(8-23)6-19(15)22;1-2-4-6-5-3-1/h2-3,6-7,9-10,13,18,24-25H,4-5,11-12H2,1H3;1-6H. The SMILES string of the molecule is Cn1cc(-c2cnc3c(c2)NCC(CNCCc2ccc(C#N)cc2F)O3)cn1.c1ccccc1. The second-order valence-corrected chi connectivity index (χ2v) is 8.13. The number of halogens is 1. The molecule has 0 saturated heterocycles. The van der Waals surface area contributed by atoms with Crippen LogP contribution in [0, 0.1) is 17.1 Å². The smallest absolute Gasteiger partial charge is 0.237 e. The molecule has 7 nitrogen and oxygen atoms in total. The first kappa shape index (κ1) is 23.9. The summed E-state index contributed by atoms with van der Waals surface area (Å²) in [5.74, 6) is 0.234. The molecular weight excluding hydrogens is 443 g/mol. The molecule has 3 heterocycles. The summed E-state index contributed by atoms with van der Waals surface area (Å²) in [6.45, 7) is 1.89. The molecule has 178 valence electrons. The summed E-state index contributed by atoms with van der Waals surface area (Å²) in [7, 11) is 1.88. The van der Waals surface area contributed by atoms with Crippen molar-refractivity contribution in [1.82, 2.24) is 20.1 Å². The molecule has 1 unspecified atom stereocenters. The van der Waals surface area contributed by atoms with E-state index in [1.807, 2.05) is 61.8 Å². The third-order valence-corrected chi connectivity index (χ3v) is 5.48. The van der Waals surface area contributed by atoms with E-state index >= 15 is 0 Å². The Labute approximate surface area is 204 Å². The average molecular weight is 471 g/mol. The van der Waals surface area contributed by atoms with Crippen LogP contribution < -0.4 is 15.4 Å². The number of hydrogen-bond acceptors (Lipinski definition) is 6. The van der Waals surface area contributed by atoms with Gasteiger partial charge in [0.15, 0.2) is 0 Å². The van der Waals surface area contributed by atoms with Gasteiger partial charge in [-0.1, -0.05) is 42.5 Å². The number of rotatable bonds is 6. The van der Waals surface area contributed by atoms with Crippen LogP contribution in [0.2, 0.25) is 0 Å². The fourth-order valence-corrected chi connectivity index (χ4v) is 3.63. The summed E-state index contributed by atoms with van der Waals surface area (Å²) in [6, 6.07) is 20.5. The van der Waals surface area contributed by atoms with Crippen LogP contribution in [0.15, 0.2) is 79.3 Å².